The van der Waals surface area contributed by atoms with Gasteiger partial charge in [0, 0.05) is 36.8 Å². The largest absolute Gasteiger partial charge is 0.326 e. The van der Waals surface area contributed by atoms with E-state index in [0.717, 1.165) is 12.1 Å². The highest BCUT2D eigenvalue weighted by atomic mass is 35.5. The third-order valence-electron chi connectivity index (χ3n) is 4.76. The number of halogens is 3. The van der Waals surface area contributed by atoms with Gasteiger partial charge >= 0.3 is 0 Å². The molecule has 0 saturated carbocycles. The molecule has 160 valence electrons. The summed E-state index contributed by atoms with van der Waals surface area (Å²) < 4.78 is 27.0. The first-order chi connectivity index (χ1) is 14.1. The zero-order valence-electron chi connectivity index (χ0n) is 15.3. The Labute approximate surface area is 187 Å². The van der Waals surface area contributed by atoms with E-state index in [9.17, 15) is 23.3 Å². The van der Waals surface area contributed by atoms with Crippen LogP contribution in [0.5, 0.6) is 0 Å². The van der Waals surface area contributed by atoms with E-state index in [1.54, 1.807) is 12.1 Å². The molecule has 1 fully saturated rings. The fraction of sp³-hybridized carbons (Fsp3) is 0.278. The number of nitro benzene ring substituents is 1. The highest BCUT2D eigenvalue weighted by Crippen LogP contribution is 2.31. The number of hydrogen-bond donors (Lipinski definition) is 1. The van der Waals surface area contributed by atoms with E-state index >= 15 is 0 Å². The Morgan fingerprint density at radius 1 is 1.03 bits per heavy atom. The van der Waals surface area contributed by atoms with Gasteiger partial charge in [-0.25, -0.2) is 8.42 Å². The Kier molecular flexibility index (Phi) is 6.88. The quantitative estimate of drug-likeness (QED) is 0.485. The van der Waals surface area contributed by atoms with Crippen LogP contribution in [0, 0.1) is 16.0 Å². The van der Waals surface area contributed by atoms with E-state index in [4.69, 9.17) is 34.8 Å². The molecule has 8 nitrogen and oxygen atoms in total. The van der Waals surface area contributed by atoms with E-state index in [1.807, 2.05) is 0 Å². The first-order valence-electron chi connectivity index (χ1n) is 8.79. The number of nitrogens with one attached hydrogen (secondary N) is 1. The summed E-state index contributed by atoms with van der Waals surface area (Å²) in [7, 11) is -4.03. The third kappa shape index (κ3) is 4.87. The van der Waals surface area contributed by atoms with Crippen LogP contribution in [0.3, 0.4) is 0 Å². The van der Waals surface area contributed by atoms with Crippen LogP contribution >= 0.6 is 34.8 Å². The number of amides is 1. The number of rotatable bonds is 5. The first kappa shape index (κ1) is 22.8. The lowest BCUT2D eigenvalue weighted by Crippen LogP contribution is -2.41. The van der Waals surface area contributed by atoms with Crippen molar-refractivity contribution in [3.63, 3.8) is 0 Å². The maximum Gasteiger partial charge on any atom is 0.270 e. The number of anilines is 1. The van der Waals surface area contributed by atoms with E-state index < -0.39 is 20.9 Å². The van der Waals surface area contributed by atoms with Crippen molar-refractivity contribution in [3.8, 4) is 0 Å². The molecule has 2 aromatic carbocycles. The number of non-ortho nitro benzene ring substituents is 1. The molecule has 3 rings (SSSR count). The van der Waals surface area contributed by atoms with Crippen molar-refractivity contribution in [2.45, 2.75) is 17.7 Å². The fourth-order valence-corrected chi connectivity index (χ4v) is 5.38. The van der Waals surface area contributed by atoms with Crippen molar-refractivity contribution in [2.75, 3.05) is 18.4 Å². The molecule has 12 heteroatoms. The summed E-state index contributed by atoms with van der Waals surface area (Å²) in [5.41, 5.74) is 0.127. The lowest BCUT2D eigenvalue weighted by molar-refractivity contribution is -0.385. The molecule has 2 aromatic rings. The van der Waals surface area contributed by atoms with Crippen LogP contribution in [0.1, 0.15) is 12.8 Å². The zero-order chi connectivity index (χ0) is 22.1. The second-order valence-electron chi connectivity index (χ2n) is 6.67. The van der Waals surface area contributed by atoms with Gasteiger partial charge in [-0.3, -0.25) is 14.9 Å². The summed E-state index contributed by atoms with van der Waals surface area (Å²) in [6.45, 7) is 0.168. The maximum absolute atomic E-state index is 12.9. The van der Waals surface area contributed by atoms with Crippen molar-refractivity contribution in [2.24, 2.45) is 5.92 Å². The average Bonchev–Trinajstić information content (AvgIpc) is 2.70. The Hall–Kier alpha value is -1.91. The molecular formula is C18H16Cl3N3O5S. The minimum atomic E-state index is -4.03. The number of nitro groups is 1. The van der Waals surface area contributed by atoms with Crippen LogP contribution in [-0.2, 0) is 14.8 Å². The summed E-state index contributed by atoms with van der Waals surface area (Å²) in [6.07, 6.45) is 0.581. The summed E-state index contributed by atoms with van der Waals surface area (Å²) in [4.78, 5) is 22.5. The van der Waals surface area contributed by atoms with E-state index in [1.165, 1.54) is 16.4 Å². The predicted octanol–water partition coefficient (Wildman–Crippen LogP) is 4.59. The lowest BCUT2D eigenvalue weighted by atomic mass is 9.97. The molecule has 0 radical (unpaired) electrons. The SMILES string of the molecule is O=C(Nc1ccc(Cl)c(Cl)c1)C1CCN(S(=O)(=O)c2cc([N+](=O)[O-])ccc2Cl)CC1. The molecule has 1 saturated heterocycles. The topological polar surface area (TPSA) is 110 Å². The summed E-state index contributed by atoms with van der Waals surface area (Å²) in [6, 6.07) is 7.99. The molecule has 1 heterocycles. The molecule has 0 spiro atoms. The zero-order valence-corrected chi connectivity index (χ0v) is 18.4. The van der Waals surface area contributed by atoms with Crippen LogP contribution in [0.25, 0.3) is 0 Å². The average molecular weight is 493 g/mol. The molecule has 0 atom stereocenters. The summed E-state index contributed by atoms with van der Waals surface area (Å²) in [5.74, 6) is -0.648. The first-order valence-corrected chi connectivity index (χ1v) is 11.4. The van der Waals surface area contributed by atoms with Gasteiger partial charge in [-0.1, -0.05) is 34.8 Å². The minimum absolute atomic E-state index is 0.0841. The standard InChI is InChI=1S/C18H16Cl3N3O5S/c19-14-3-1-12(9-16(14)21)22-18(25)11-5-7-23(8-6-11)30(28,29)17-10-13(24(26)27)2-4-15(17)20/h1-4,9-11H,5-8H2,(H,22,25). The molecule has 1 amide bonds. The molecule has 0 aromatic heterocycles. The molecule has 0 unspecified atom stereocenters. The van der Waals surface area contributed by atoms with Gasteiger partial charge in [0.05, 0.1) is 20.0 Å². The molecule has 0 bridgehead atoms. The molecule has 1 aliphatic heterocycles. The third-order valence-corrected chi connectivity index (χ3v) is 7.87. The van der Waals surface area contributed by atoms with E-state index in [-0.39, 0.29) is 34.6 Å². The summed E-state index contributed by atoms with van der Waals surface area (Å²) >= 11 is 17.8. The molecule has 1 N–H and O–H groups in total. The van der Waals surface area contributed by atoms with Gasteiger partial charge in [0.1, 0.15) is 4.90 Å². The molecular weight excluding hydrogens is 477 g/mol. The maximum atomic E-state index is 12.9. The Bertz CT molecular complexity index is 1100. The molecule has 0 aliphatic carbocycles. The van der Waals surface area contributed by atoms with Gasteiger partial charge < -0.3 is 5.32 Å². The van der Waals surface area contributed by atoms with Gasteiger partial charge in [0.15, 0.2) is 0 Å². The lowest BCUT2D eigenvalue weighted by Gasteiger charge is -2.30. The number of piperidine rings is 1. The fourth-order valence-electron chi connectivity index (χ4n) is 3.12. The van der Waals surface area contributed by atoms with Crippen molar-refractivity contribution < 1.29 is 18.1 Å². The van der Waals surface area contributed by atoms with Gasteiger partial charge in [-0.15, -0.1) is 0 Å². The van der Waals surface area contributed by atoms with Gasteiger partial charge in [0.2, 0.25) is 15.9 Å². The second kappa shape index (κ2) is 9.07. The van der Waals surface area contributed by atoms with Crippen molar-refractivity contribution in [1.82, 2.24) is 4.31 Å². The van der Waals surface area contributed by atoms with Crippen LogP contribution in [0.2, 0.25) is 15.1 Å². The van der Waals surface area contributed by atoms with Crippen LogP contribution in [-0.4, -0.2) is 36.6 Å². The monoisotopic (exact) mass is 491 g/mol. The van der Waals surface area contributed by atoms with Crippen LogP contribution in [0.4, 0.5) is 11.4 Å². The number of carbonyl (C=O) groups excluding carboxylic acids is 1. The highest BCUT2D eigenvalue weighted by molar-refractivity contribution is 7.89. The normalized spacial score (nSPS) is 15.7. The van der Waals surface area contributed by atoms with Crippen LogP contribution < -0.4 is 5.32 Å². The highest BCUT2D eigenvalue weighted by Gasteiger charge is 2.34. The Morgan fingerprint density at radius 2 is 1.67 bits per heavy atom. The van der Waals surface area contributed by atoms with Crippen molar-refractivity contribution in [1.29, 1.82) is 0 Å². The van der Waals surface area contributed by atoms with Crippen LogP contribution in [0.15, 0.2) is 41.3 Å². The van der Waals surface area contributed by atoms with Gasteiger partial charge in [-0.2, -0.15) is 4.31 Å². The molecule has 1 aliphatic rings. The summed E-state index contributed by atoms with van der Waals surface area (Å²) in [5, 5.41) is 14.3. The predicted molar refractivity (Wildman–Crippen MR) is 115 cm³/mol. The van der Waals surface area contributed by atoms with Gasteiger partial charge in [-0.05, 0) is 37.1 Å². The minimum Gasteiger partial charge on any atom is -0.326 e. The number of hydrogen-bond acceptors (Lipinski definition) is 5. The smallest absolute Gasteiger partial charge is 0.270 e. The number of carbonyl (C=O) groups is 1. The number of nitrogens with zero attached hydrogens (tertiary/aromatic N) is 2. The van der Waals surface area contributed by atoms with Crippen molar-refractivity contribution in [3.05, 3.63) is 61.6 Å². The van der Waals surface area contributed by atoms with E-state index in [2.05, 4.69) is 5.32 Å². The Morgan fingerprint density at radius 3 is 2.27 bits per heavy atom. The Balaban J connectivity index is 1.68. The van der Waals surface area contributed by atoms with Gasteiger partial charge in [0.25, 0.3) is 5.69 Å². The molecule has 30 heavy (non-hydrogen) atoms. The van der Waals surface area contributed by atoms with E-state index in [0.29, 0.717) is 28.6 Å². The number of sulfonamides is 1. The second-order valence-corrected chi connectivity index (χ2v) is 9.80. The number of benzene rings is 2. The van der Waals surface area contributed by atoms with Crippen molar-refractivity contribution >= 4 is 62.1 Å².